The van der Waals surface area contributed by atoms with Crippen molar-refractivity contribution in [3.63, 3.8) is 0 Å². The number of aromatic nitrogens is 1. The molecule has 1 aromatic heterocycles. The standard InChI is InChI=1S/C10H18N4S.HI/c1-4-14(5-2)10(11)12-6-9-8(3)13-7-15-9;/h7H,4-6H2,1-3H3,(H2,11,12);1H. The molecule has 0 radical (unpaired) electrons. The van der Waals surface area contributed by atoms with Gasteiger partial charge in [-0.15, -0.1) is 35.3 Å². The van der Waals surface area contributed by atoms with Crippen LogP contribution in [0.25, 0.3) is 0 Å². The molecule has 4 nitrogen and oxygen atoms in total. The lowest BCUT2D eigenvalue weighted by Gasteiger charge is -2.19. The molecule has 0 unspecified atom stereocenters. The number of halogens is 1. The van der Waals surface area contributed by atoms with E-state index in [4.69, 9.17) is 5.73 Å². The van der Waals surface area contributed by atoms with Crippen LogP contribution in [0.15, 0.2) is 10.5 Å². The van der Waals surface area contributed by atoms with Crippen LogP contribution in [0.5, 0.6) is 0 Å². The molecule has 0 saturated carbocycles. The van der Waals surface area contributed by atoms with Crippen molar-refractivity contribution in [1.29, 1.82) is 0 Å². The van der Waals surface area contributed by atoms with E-state index in [0.717, 1.165) is 18.8 Å². The second kappa shape index (κ2) is 7.83. The Morgan fingerprint density at radius 2 is 2.12 bits per heavy atom. The summed E-state index contributed by atoms with van der Waals surface area (Å²) in [5, 5.41) is 0. The molecule has 0 aromatic carbocycles. The molecule has 0 spiro atoms. The number of aryl methyl sites for hydroxylation is 1. The van der Waals surface area contributed by atoms with E-state index in [1.807, 2.05) is 17.3 Å². The van der Waals surface area contributed by atoms with Crippen LogP contribution in [-0.4, -0.2) is 28.9 Å². The van der Waals surface area contributed by atoms with E-state index in [9.17, 15) is 0 Å². The first kappa shape index (κ1) is 15.6. The zero-order valence-corrected chi connectivity index (χ0v) is 13.1. The third-order valence-corrected chi connectivity index (χ3v) is 3.24. The normalized spacial score (nSPS) is 11.1. The number of nitrogens with two attached hydrogens (primary N) is 1. The van der Waals surface area contributed by atoms with Crippen LogP contribution >= 0.6 is 35.3 Å². The van der Waals surface area contributed by atoms with Crippen LogP contribution < -0.4 is 5.73 Å². The van der Waals surface area contributed by atoms with Gasteiger partial charge in [0.2, 0.25) is 0 Å². The van der Waals surface area contributed by atoms with Gasteiger partial charge in [-0.2, -0.15) is 0 Å². The second-order valence-corrected chi connectivity index (χ2v) is 4.15. The Balaban J connectivity index is 0.00000225. The number of guanidine groups is 1. The Bertz CT molecular complexity index is 333. The lowest BCUT2D eigenvalue weighted by atomic mass is 10.4. The van der Waals surface area contributed by atoms with Crippen molar-refractivity contribution in [3.05, 3.63) is 16.1 Å². The van der Waals surface area contributed by atoms with Gasteiger partial charge in [0.05, 0.1) is 17.7 Å². The van der Waals surface area contributed by atoms with Gasteiger partial charge in [-0.25, -0.2) is 9.98 Å². The third kappa shape index (κ3) is 4.25. The quantitative estimate of drug-likeness (QED) is 0.513. The van der Waals surface area contributed by atoms with Gasteiger partial charge in [-0.1, -0.05) is 0 Å². The van der Waals surface area contributed by atoms with Crippen molar-refractivity contribution in [2.75, 3.05) is 13.1 Å². The largest absolute Gasteiger partial charge is 0.370 e. The second-order valence-electron chi connectivity index (χ2n) is 3.21. The number of thiazole rings is 1. The highest BCUT2D eigenvalue weighted by Gasteiger charge is 2.03. The fraction of sp³-hybridized carbons (Fsp3) is 0.600. The number of hydrogen-bond acceptors (Lipinski definition) is 3. The summed E-state index contributed by atoms with van der Waals surface area (Å²) in [4.78, 5) is 11.8. The molecule has 2 N–H and O–H groups in total. The Labute approximate surface area is 118 Å². The Morgan fingerprint density at radius 3 is 2.56 bits per heavy atom. The predicted molar refractivity (Wildman–Crippen MR) is 80.5 cm³/mol. The summed E-state index contributed by atoms with van der Waals surface area (Å²) in [6, 6.07) is 0. The van der Waals surface area contributed by atoms with Crippen molar-refractivity contribution in [1.82, 2.24) is 9.88 Å². The molecule has 0 bridgehead atoms. The molecule has 0 amide bonds. The molecule has 0 aliphatic heterocycles. The van der Waals surface area contributed by atoms with E-state index in [1.54, 1.807) is 11.3 Å². The smallest absolute Gasteiger partial charge is 0.191 e. The predicted octanol–water partition coefficient (Wildman–Crippen LogP) is 2.23. The van der Waals surface area contributed by atoms with Gasteiger partial charge < -0.3 is 10.6 Å². The zero-order valence-electron chi connectivity index (χ0n) is 9.93. The molecule has 0 aliphatic rings. The summed E-state index contributed by atoms with van der Waals surface area (Å²) in [7, 11) is 0. The number of nitrogens with zero attached hydrogens (tertiary/aromatic N) is 3. The maximum atomic E-state index is 5.87. The zero-order chi connectivity index (χ0) is 11.3. The summed E-state index contributed by atoms with van der Waals surface area (Å²) in [6.45, 7) is 8.57. The van der Waals surface area contributed by atoms with Gasteiger partial charge in [0, 0.05) is 18.0 Å². The van der Waals surface area contributed by atoms with Gasteiger partial charge >= 0.3 is 0 Å². The average molecular weight is 354 g/mol. The minimum Gasteiger partial charge on any atom is -0.370 e. The monoisotopic (exact) mass is 354 g/mol. The van der Waals surface area contributed by atoms with Crippen LogP contribution in [0.2, 0.25) is 0 Å². The minimum absolute atomic E-state index is 0. The fourth-order valence-corrected chi connectivity index (χ4v) is 1.98. The molecule has 1 aromatic rings. The van der Waals surface area contributed by atoms with Gasteiger partial charge in [0.25, 0.3) is 0 Å². The van der Waals surface area contributed by atoms with Gasteiger partial charge in [-0.3, -0.25) is 0 Å². The fourth-order valence-electron chi connectivity index (χ4n) is 1.28. The first-order chi connectivity index (χ1) is 7.19. The lowest BCUT2D eigenvalue weighted by molar-refractivity contribution is 0.458. The van der Waals surface area contributed by atoms with E-state index < -0.39 is 0 Å². The average Bonchev–Trinajstić information content (AvgIpc) is 2.63. The van der Waals surface area contributed by atoms with E-state index >= 15 is 0 Å². The third-order valence-electron chi connectivity index (χ3n) is 2.32. The van der Waals surface area contributed by atoms with Crippen LogP contribution in [-0.2, 0) is 6.54 Å². The highest BCUT2D eigenvalue weighted by molar-refractivity contribution is 14.0. The molecule has 0 aliphatic carbocycles. The van der Waals surface area contributed by atoms with Crippen molar-refractivity contribution < 1.29 is 0 Å². The lowest BCUT2D eigenvalue weighted by Crippen LogP contribution is -2.37. The van der Waals surface area contributed by atoms with E-state index in [1.165, 1.54) is 4.88 Å². The van der Waals surface area contributed by atoms with Crippen LogP contribution in [0.3, 0.4) is 0 Å². The SMILES string of the molecule is CCN(CC)C(N)=NCc1scnc1C.I. The first-order valence-corrected chi connectivity index (χ1v) is 6.00. The molecular formula is C10H19IN4S. The van der Waals surface area contributed by atoms with E-state index in [2.05, 4.69) is 23.8 Å². The number of rotatable bonds is 4. The Kier molecular flexibility index (Phi) is 7.65. The van der Waals surface area contributed by atoms with Crippen molar-refractivity contribution >= 4 is 41.3 Å². The molecule has 0 atom stereocenters. The summed E-state index contributed by atoms with van der Waals surface area (Å²) in [5.74, 6) is 0.618. The van der Waals surface area contributed by atoms with Crippen LogP contribution in [0.4, 0.5) is 0 Å². The maximum Gasteiger partial charge on any atom is 0.191 e. The molecule has 16 heavy (non-hydrogen) atoms. The summed E-state index contributed by atoms with van der Waals surface area (Å²) < 4.78 is 0. The van der Waals surface area contributed by atoms with Crippen LogP contribution in [0.1, 0.15) is 24.4 Å². The van der Waals surface area contributed by atoms with Gasteiger partial charge in [0.1, 0.15) is 0 Å². The summed E-state index contributed by atoms with van der Waals surface area (Å²) >= 11 is 1.63. The number of hydrogen-bond donors (Lipinski definition) is 1. The summed E-state index contributed by atoms with van der Waals surface area (Å²) in [5.41, 5.74) is 8.76. The summed E-state index contributed by atoms with van der Waals surface area (Å²) in [6.07, 6.45) is 0. The first-order valence-electron chi connectivity index (χ1n) is 5.12. The number of aliphatic imine (C=N–C) groups is 1. The van der Waals surface area contributed by atoms with Gasteiger partial charge in [0.15, 0.2) is 5.96 Å². The maximum absolute atomic E-state index is 5.87. The highest BCUT2D eigenvalue weighted by atomic mass is 127. The minimum atomic E-state index is 0. The van der Waals surface area contributed by atoms with Crippen molar-refractivity contribution in [2.24, 2.45) is 10.7 Å². The van der Waals surface area contributed by atoms with E-state index in [-0.39, 0.29) is 24.0 Å². The molecule has 0 fully saturated rings. The van der Waals surface area contributed by atoms with E-state index in [0.29, 0.717) is 12.5 Å². The molecule has 1 heterocycles. The van der Waals surface area contributed by atoms with Crippen molar-refractivity contribution in [3.8, 4) is 0 Å². The Hall–Kier alpha value is -0.370. The van der Waals surface area contributed by atoms with Crippen LogP contribution in [0, 0.1) is 6.92 Å². The van der Waals surface area contributed by atoms with Gasteiger partial charge in [-0.05, 0) is 20.8 Å². The Morgan fingerprint density at radius 1 is 1.50 bits per heavy atom. The molecule has 6 heteroatoms. The highest BCUT2D eigenvalue weighted by Crippen LogP contribution is 2.12. The topological polar surface area (TPSA) is 54.5 Å². The molecular weight excluding hydrogens is 335 g/mol. The van der Waals surface area contributed by atoms with Crippen molar-refractivity contribution in [2.45, 2.75) is 27.3 Å². The molecule has 0 saturated heterocycles. The molecule has 92 valence electrons. The molecule has 1 rings (SSSR count).